The maximum absolute atomic E-state index is 11.9. The number of nitrogens with zero attached hydrogens (tertiary/aromatic N) is 1. The number of carbonyl (C=O) groups is 1. The van der Waals surface area contributed by atoms with Crippen molar-refractivity contribution < 1.29 is 19.0 Å². The monoisotopic (exact) mass is 425 g/mol. The van der Waals surface area contributed by atoms with Crippen LogP contribution in [0.15, 0.2) is 36.4 Å². The van der Waals surface area contributed by atoms with Crippen LogP contribution < -0.4 is 20.1 Å². The average molecular weight is 426 g/mol. The molecule has 0 radical (unpaired) electrons. The van der Waals surface area contributed by atoms with Crippen molar-refractivity contribution in [3.05, 3.63) is 47.5 Å². The summed E-state index contributed by atoms with van der Waals surface area (Å²) in [5.74, 6) is 1.50. The molecule has 7 nitrogen and oxygen atoms in total. The number of nitrogens with one attached hydrogen (secondary N) is 2. The minimum atomic E-state index is -0.473. The van der Waals surface area contributed by atoms with Gasteiger partial charge in [-0.25, -0.2) is 0 Å². The van der Waals surface area contributed by atoms with Gasteiger partial charge in [-0.05, 0) is 56.7 Å². The zero-order chi connectivity index (χ0) is 21.8. The van der Waals surface area contributed by atoms with Crippen LogP contribution in [0.4, 0.5) is 11.4 Å². The first-order valence-electron chi connectivity index (χ1n) is 11.0. The Bertz CT molecular complexity index is 927. The molecular weight excluding hydrogens is 394 g/mol. The van der Waals surface area contributed by atoms with E-state index in [1.54, 1.807) is 6.92 Å². The molecule has 166 valence electrons. The van der Waals surface area contributed by atoms with Crippen LogP contribution in [0.1, 0.15) is 37.9 Å². The number of anilines is 2. The zero-order valence-electron chi connectivity index (χ0n) is 18.4. The number of carbonyl (C=O) groups excluding carboxylic acids is 1. The number of fused-ring (bicyclic) bond motifs is 1. The molecule has 2 unspecified atom stereocenters. The summed E-state index contributed by atoms with van der Waals surface area (Å²) in [4.78, 5) is 14.3. The van der Waals surface area contributed by atoms with E-state index in [1.807, 2.05) is 25.1 Å². The smallest absolute Gasteiger partial charge is 0.265 e. The van der Waals surface area contributed by atoms with Gasteiger partial charge in [-0.15, -0.1) is 0 Å². The molecule has 2 N–H and O–H groups in total. The fraction of sp³-hybridized carbons (Fsp3) is 0.458. The van der Waals surface area contributed by atoms with Crippen LogP contribution >= 0.6 is 0 Å². The molecule has 2 aliphatic heterocycles. The second-order valence-electron chi connectivity index (χ2n) is 8.01. The van der Waals surface area contributed by atoms with E-state index in [9.17, 15) is 4.79 Å². The Kier molecular flexibility index (Phi) is 6.63. The molecule has 2 aromatic carbocycles. The first kappa shape index (κ1) is 21.5. The van der Waals surface area contributed by atoms with Gasteiger partial charge in [-0.2, -0.15) is 0 Å². The summed E-state index contributed by atoms with van der Waals surface area (Å²) in [6, 6.07) is 12.3. The number of morpholine rings is 1. The first-order chi connectivity index (χ1) is 15.0. The van der Waals surface area contributed by atoms with Gasteiger partial charge in [-0.3, -0.25) is 9.69 Å². The van der Waals surface area contributed by atoms with E-state index in [0.29, 0.717) is 18.0 Å². The van der Waals surface area contributed by atoms with Crippen LogP contribution in [0, 0.1) is 0 Å². The lowest BCUT2D eigenvalue weighted by Gasteiger charge is -2.28. The standard InChI is InChI=1S/C24H31N3O4/c1-4-30-22-7-5-18(13-19(22)15-27-9-11-29-12-10-27)16(2)25-20-6-8-23-21(14-20)26-24(28)17(3)31-23/h5-8,13-14,16-17,25H,4,9-12,15H2,1-3H3,(H,26,28). The van der Waals surface area contributed by atoms with Gasteiger partial charge in [0, 0.05) is 36.9 Å². The van der Waals surface area contributed by atoms with E-state index in [-0.39, 0.29) is 11.9 Å². The lowest BCUT2D eigenvalue weighted by atomic mass is 10.0. The molecule has 0 aromatic heterocycles. The molecule has 2 heterocycles. The Balaban J connectivity index is 1.50. The van der Waals surface area contributed by atoms with E-state index in [2.05, 4.69) is 40.7 Å². The summed E-state index contributed by atoms with van der Waals surface area (Å²) in [7, 11) is 0. The molecule has 1 fully saturated rings. The van der Waals surface area contributed by atoms with Crippen molar-refractivity contribution in [3.8, 4) is 11.5 Å². The van der Waals surface area contributed by atoms with E-state index < -0.39 is 6.10 Å². The molecule has 0 spiro atoms. The second kappa shape index (κ2) is 9.58. The van der Waals surface area contributed by atoms with Crippen molar-refractivity contribution in [2.75, 3.05) is 43.5 Å². The van der Waals surface area contributed by atoms with Crippen molar-refractivity contribution in [2.45, 2.75) is 39.5 Å². The Hall–Kier alpha value is -2.77. The van der Waals surface area contributed by atoms with Crippen molar-refractivity contribution in [1.82, 2.24) is 4.90 Å². The number of hydrogen-bond acceptors (Lipinski definition) is 6. The van der Waals surface area contributed by atoms with Gasteiger partial charge in [0.25, 0.3) is 5.91 Å². The van der Waals surface area contributed by atoms with Crippen LogP contribution in [-0.2, 0) is 16.1 Å². The summed E-state index contributed by atoms with van der Waals surface area (Å²) in [5, 5.41) is 6.44. The molecule has 1 amide bonds. The van der Waals surface area contributed by atoms with Crippen molar-refractivity contribution >= 4 is 17.3 Å². The van der Waals surface area contributed by atoms with Crippen molar-refractivity contribution in [1.29, 1.82) is 0 Å². The Morgan fingerprint density at radius 1 is 1.23 bits per heavy atom. The molecule has 2 atom stereocenters. The highest BCUT2D eigenvalue weighted by Gasteiger charge is 2.24. The van der Waals surface area contributed by atoms with Gasteiger partial charge >= 0.3 is 0 Å². The van der Waals surface area contributed by atoms with Crippen molar-refractivity contribution in [3.63, 3.8) is 0 Å². The van der Waals surface area contributed by atoms with Gasteiger partial charge in [0.2, 0.25) is 0 Å². The first-order valence-corrected chi connectivity index (χ1v) is 11.0. The van der Waals surface area contributed by atoms with Gasteiger partial charge in [0.15, 0.2) is 6.10 Å². The van der Waals surface area contributed by atoms with Gasteiger partial charge in [0.1, 0.15) is 11.5 Å². The quantitative estimate of drug-likeness (QED) is 0.703. The van der Waals surface area contributed by atoms with Crippen LogP contribution in [-0.4, -0.2) is 49.8 Å². The molecule has 4 rings (SSSR count). The normalized spacial score (nSPS) is 19.7. The van der Waals surface area contributed by atoms with Crippen molar-refractivity contribution in [2.24, 2.45) is 0 Å². The second-order valence-corrected chi connectivity index (χ2v) is 8.01. The van der Waals surface area contributed by atoms with E-state index in [1.165, 1.54) is 11.1 Å². The highest BCUT2D eigenvalue weighted by molar-refractivity contribution is 5.98. The third kappa shape index (κ3) is 5.11. The molecule has 7 heteroatoms. The minimum absolute atomic E-state index is 0.0799. The fourth-order valence-electron chi connectivity index (χ4n) is 3.92. The predicted molar refractivity (Wildman–Crippen MR) is 121 cm³/mol. The third-order valence-electron chi connectivity index (χ3n) is 5.68. The number of hydrogen-bond donors (Lipinski definition) is 2. The molecule has 2 aromatic rings. The largest absolute Gasteiger partial charge is 0.494 e. The zero-order valence-corrected chi connectivity index (χ0v) is 18.4. The van der Waals surface area contributed by atoms with Gasteiger partial charge in [0.05, 0.1) is 25.5 Å². The maximum Gasteiger partial charge on any atom is 0.265 e. The van der Waals surface area contributed by atoms with Crippen LogP contribution in [0.25, 0.3) is 0 Å². The molecule has 0 saturated carbocycles. The molecular formula is C24H31N3O4. The summed E-state index contributed by atoms with van der Waals surface area (Å²) >= 11 is 0. The van der Waals surface area contributed by atoms with Crippen LogP contribution in [0.5, 0.6) is 11.5 Å². The molecule has 1 saturated heterocycles. The lowest BCUT2D eigenvalue weighted by Crippen LogP contribution is -2.35. The van der Waals surface area contributed by atoms with Gasteiger partial charge in [-0.1, -0.05) is 6.07 Å². The van der Waals surface area contributed by atoms with Crippen LogP contribution in [0.3, 0.4) is 0 Å². The molecule has 31 heavy (non-hydrogen) atoms. The lowest BCUT2D eigenvalue weighted by molar-refractivity contribution is -0.122. The SMILES string of the molecule is CCOc1ccc(C(C)Nc2ccc3c(c2)NC(=O)C(C)O3)cc1CN1CCOCC1. The summed E-state index contributed by atoms with van der Waals surface area (Å²) in [5.41, 5.74) is 3.99. The topological polar surface area (TPSA) is 72.1 Å². The third-order valence-corrected chi connectivity index (χ3v) is 5.68. The summed E-state index contributed by atoms with van der Waals surface area (Å²) in [6.45, 7) is 10.8. The minimum Gasteiger partial charge on any atom is -0.494 e. The average Bonchev–Trinajstić information content (AvgIpc) is 2.77. The highest BCUT2D eigenvalue weighted by Crippen LogP contribution is 2.34. The number of amides is 1. The fourth-order valence-corrected chi connectivity index (χ4v) is 3.92. The molecule has 0 aliphatic carbocycles. The maximum atomic E-state index is 11.9. The number of benzene rings is 2. The Labute approximate surface area is 183 Å². The van der Waals surface area contributed by atoms with E-state index in [0.717, 1.165) is 44.3 Å². The molecule has 2 aliphatic rings. The van der Waals surface area contributed by atoms with Crippen LogP contribution in [0.2, 0.25) is 0 Å². The number of ether oxygens (including phenoxy) is 3. The highest BCUT2D eigenvalue weighted by atomic mass is 16.5. The number of rotatable bonds is 7. The predicted octanol–water partition coefficient (Wildman–Crippen LogP) is 3.81. The Morgan fingerprint density at radius 2 is 2.03 bits per heavy atom. The van der Waals surface area contributed by atoms with E-state index >= 15 is 0 Å². The Morgan fingerprint density at radius 3 is 2.81 bits per heavy atom. The summed E-state index contributed by atoms with van der Waals surface area (Å²) < 4.78 is 17.0. The molecule has 0 bridgehead atoms. The van der Waals surface area contributed by atoms with E-state index in [4.69, 9.17) is 14.2 Å². The summed E-state index contributed by atoms with van der Waals surface area (Å²) in [6.07, 6.45) is -0.473. The van der Waals surface area contributed by atoms with Gasteiger partial charge < -0.3 is 24.8 Å².